The van der Waals surface area contributed by atoms with Gasteiger partial charge in [-0.25, -0.2) is 4.39 Å². The van der Waals surface area contributed by atoms with E-state index in [4.69, 9.17) is 0 Å². The van der Waals surface area contributed by atoms with Crippen molar-refractivity contribution < 1.29 is 31.5 Å². The maximum absolute atomic E-state index is 13.2. The van der Waals surface area contributed by atoms with Crippen LogP contribution in [0.25, 0.3) is 0 Å². The molecule has 0 unspecified atom stereocenters. The molecule has 1 aromatic rings. The minimum absolute atomic E-state index is 0.233. The second-order valence-corrected chi connectivity index (χ2v) is 3.48. The minimum atomic E-state index is -4.96. The lowest BCUT2D eigenvalue weighted by atomic mass is 10.0. The van der Waals surface area contributed by atoms with E-state index in [0.717, 1.165) is 0 Å². The van der Waals surface area contributed by atoms with Crippen molar-refractivity contribution in [1.82, 2.24) is 0 Å². The third kappa shape index (κ3) is 1.19. The van der Waals surface area contributed by atoms with Crippen molar-refractivity contribution >= 4 is 12.1 Å². The van der Waals surface area contributed by atoms with E-state index in [-0.39, 0.29) is 6.29 Å². The van der Waals surface area contributed by atoms with Crippen LogP contribution in [0.2, 0.25) is 0 Å². The summed E-state index contributed by atoms with van der Waals surface area (Å²) in [5.74, 6) is -13.2. The number of aldehydes is 1. The highest BCUT2D eigenvalue weighted by Gasteiger charge is 2.69. The van der Waals surface area contributed by atoms with E-state index >= 15 is 0 Å². The fraction of sp³-hybridized carbons (Fsp3) is 0.200. The van der Waals surface area contributed by atoms with Gasteiger partial charge in [0.05, 0.1) is 5.56 Å². The second-order valence-electron chi connectivity index (χ2n) is 3.48. The number of hydrogen-bond donors (Lipinski definition) is 0. The molecule has 0 bridgehead atoms. The Kier molecular flexibility index (Phi) is 2.14. The molecule has 0 spiro atoms. The van der Waals surface area contributed by atoms with Gasteiger partial charge < -0.3 is 0 Å². The summed E-state index contributed by atoms with van der Waals surface area (Å²) < 4.78 is 65.5. The molecule has 0 atom stereocenters. The molecule has 0 fully saturated rings. The second kappa shape index (κ2) is 3.12. The number of ketones is 1. The molecule has 7 heteroatoms. The third-order valence-corrected chi connectivity index (χ3v) is 2.55. The average Bonchev–Trinajstić information content (AvgIpc) is 2.38. The van der Waals surface area contributed by atoms with E-state index in [1.807, 2.05) is 0 Å². The van der Waals surface area contributed by atoms with Gasteiger partial charge in [-0.05, 0) is 12.1 Å². The molecule has 17 heavy (non-hydrogen) atoms. The van der Waals surface area contributed by atoms with Gasteiger partial charge in [0.2, 0.25) is 5.78 Å². The molecule has 0 saturated carbocycles. The van der Waals surface area contributed by atoms with Gasteiger partial charge in [0.25, 0.3) is 0 Å². The molecule has 1 aliphatic carbocycles. The average molecular weight is 250 g/mol. The van der Waals surface area contributed by atoms with Crippen molar-refractivity contribution in [3.05, 3.63) is 34.6 Å². The van der Waals surface area contributed by atoms with Crippen LogP contribution in [-0.4, -0.2) is 18.0 Å². The van der Waals surface area contributed by atoms with Crippen LogP contribution in [0.15, 0.2) is 12.1 Å². The summed E-state index contributed by atoms with van der Waals surface area (Å²) in [6, 6.07) is 0.835. The zero-order valence-corrected chi connectivity index (χ0v) is 7.94. The summed E-state index contributed by atoms with van der Waals surface area (Å²) in [7, 11) is 0. The van der Waals surface area contributed by atoms with Crippen LogP contribution in [0.5, 0.6) is 0 Å². The smallest absolute Gasteiger partial charge is 0.298 e. The van der Waals surface area contributed by atoms with Gasteiger partial charge in [0, 0.05) is 11.1 Å². The molecular formula is C10H3F5O2. The number of hydrogen-bond acceptors (Lipinski definition) is 2. The number of alkyl halides is 4. The lowest BCUT2D eigenvalue weighted by Gasteiger charge is -2.16. The highest BCUT2D eigenvalue weighted by Crippen LogP contribution is 2.52. The SMILES string of the molecule is O=Cc1c(F)ccc2c1C(=O)C(F)(F)C2(F)F. The Morgan fingerprint density at radius 3 is 2.18 bits per heavy atom. The number of carbonyl (C=O) groups is 2. The van der Waals surface area contributed by atoms with E-state index in [9.17, 15) is 31.5 Å². The Hall–Kier alpha value is -1.79. The summed E-state index contributed by atoms with van der Waals surface area (Å²) in [5, 5.41) is 0. The van der Waals surface area contributed by atoms with E-state index in [0.29, 0.717) is 12.1 Å². The Bertz CT molecular complexity index is 536. The van der Waals surface area contributed by atoms with Crippen molar-refractivity contribution in [3.63, 3.8) is 0 Å². The molecule has 1 aliphatic rings. The number of halogens is 5. The van der Waals surface area contributed by atoms with Crippen molar-refractivity contribution in [1.29, 1.82) is 0 Å². The molecule has 90 valence electrons. The third-order valence-electron chi connectivity index (χ3n) is 2.55. The first-order chi connectivity index (χ1) is 7.75. The van der Waals surface area contributed by atoms with Crippen molar-refractivity contribution in [2.24, 2.45) is 0 Å². The van der Waals surface area contributed by atoms with Gasteiger partial charge in [0.1, 0.15) is 5.82 Å². The molecule has 0 saturated heterocycles. The molecule has 2 nitrogen and oxygen atoms in total. The monoisotopic (exact) mass is 250 g/mol. The zero-order valence-electron chi connectivity index (χ0n) is 7.94. The van der Waals surface area contributed by atoms with E-state index in [1.54, 1.807) is 0 Å². The molecule has 0 N–H and O–H groups in total. The Morgan fingerprint density at radius 1 is 1.06 bits per heavy atom. The zero-order chi connectivity index (χ0) is 13.0. The Morgan fingerprint density at radius 2 is 1.65 bits per heavy atom. The van der Waals surface area contributed by atoms with E-state index in [2.05, 4.69) is 0 Å². The summed E-state index contributed by atoms with van der Waals surface area (Å²) in [6.45, 7) is 0. The lowest BCUT2D eigenvalue weighted by Crippen LogP contribution is -2.38. The van der Waals surface area contributed by atoms with E-state index in [1.165, 1.54) is 0 Å². The van der Waals surface area contributed by atoms with Gasteiger partial charge in [-0.1, -0.05) is 0 Å². The van der Waals surface area contributed by atoms with Crippen LogP contribution in [0, 0.1) is 5.82 Å². The first kappa shape index (κ1) is 11.7. The fourth-order valence-corrected chi connectivity index (χ4v) is 1.68. The van der Waals surface area contributed by atoms with Crippen LogP contribution in [-0.2, 0) is 5.92 Å². The molecule has 2 rings (SSSR count). The standard InChI is InChI=1S/C10H3F5O2/c11-6-2-1-5-7(4(6)3-16)8(17)10(14,15)9(5,12)13/h1-3H. The maximum Gasteiger partial charge on any atom is 0.376 e. The summed E-state index contributed by atoms with van der Waals surface area (Å²) in [6.07, 6.45) is -0.233. The van der Waals surface area contributed by atoms with Gasteiger partial charge in [0.15, 0.2) is 6.29 Å². The summed E-state index contributed by atoms with van der Waals surface area (Å²) >= 11 is 0. The normalized spacial score (nSPS) is 20.2. The highest BCUT2D eigenvalue weighted by atomic mass is 19.3. The van der Waals surface area contributed by atoms with Crippen molar-refractivity contribution in [2.45, 2.75) is 11.8 Å². The van der Waals surface area contributed by atoms with Gasteiger partial charge in [-0.3, -0.25) is 9.59 Å². The first-order valence-electron chi connectivity index (χ1n) is 4.33. The van der Waals surface area contributed by atoms with Gasteiger partial charge in [-0.15, -0.1) is 0 Å². The molecule has 0 aliphatic heterocycles. The number of Topliss-reactive ketones (excluding diaryl/α,β-unsaturated/α-hetero) is 1. The maximum atomic E-state index is 13.2. The lowest BCUT2D eigenvalue weighted by molar-refractivity contribution is -0.176. The topological polar surface area (TPSA) is 34.1 Å². The Labute approximate surface area is 91.0 Å². The quantitative estimate of drug-likeness (QED) is 0.567. The van der Waals surface area contributed by atoms with Crippen LogP contribution in [0.4, 0.5) is 22.0 Å². The summed E-state index contributed by atoms with van der Waals surface area (Å²) in [5.41, 5.74) is -3.63. The Balaban J connectivity index is 2.86. The highest BCUT2D eigenvalue weighted by molar-refractivity contribution is 6.11. The predicted octanol–water partition coefficient (Wildman–Crippen LogP) is 2.56. The van der Waals surface area contributed by atoms with Crippen molar-refractivity contribution in [2.75, 3.05) is 0 Å². The molecule has 0 heterocycles. The van der Waals surface area contributed by atoms with Crippen LogP contribution < -0.4 is 0 Å². The first-order valence-corrected chi connectivity index (χ1v) is 4.33. The summed E-state index contributed by atoms with van der Waals surface area (Å²) in [4.78, 5) is 21.6. The fourth-order valence-electron chi connectivity index (χ4n) is 1.68. The number of rotatable bonds is 1. The molecule has 0 amide bonds. The number of carbonyl (C=O) groups excluding carboxylic acids is 2. The van der Waals surface area contributed by atoms with Crippen LogP contribution >= 0.6 is 0 Å². The van der Waals surface area contributed by atoms with Crippen LogP contribution in [0.1, 0.15) is 26.3 Å². The van der Waals surface area contributed by atoms with Crippen molar-refractivity contribution in [3.8, 4) is 0 Å². The van der Waals surface area contributed by atoms with E-state index < -0.39 is 40.1 Å². The molecule has 1 aromatic carbocycles. The number of fused-ring (bicyclic) bond motifs is 1. The minimum Gasteiger partial charge on any atom is -0.298 e. The van der Waals surface area contributed by atoms with Crippen LogP contribution in [0.3, 0.4) is 0 Å². The molecule has 0 aromatic heterocycles. The van der Waals surface area contributed by atoms with Gasteiger partial charge >= 0.3 is 11.8 Å². The largest absolute Gasteiger partial charge is 0.376 e. The number of benzene rings is 1. The predicted molar refractivity (Wildman–Crippen MR) is 45.0 cm³/mol. The molecular weight excluding hydrogens is 247 g/mol. The molecule has 0 radical (unpaired) electrons. The van der Waals surface area contributed by atoms with Gasteiger partial charge in [-0.2, -0.15) is 17.6 Å².